The Morgan fingerprint density at radius 1 is 0.960 bits per heavy atom. The van der Waals surface area contributed by atoms with Crippen LogP contribution in [0.5, 0.6) is 0 Å². The summed E-state index contributed by atoms with van der Waals surface area (Å²) < 4.78 is 1.87. The van der Waals surface area contributed by atoms with Gasteiger partial charge in [-0.1, -0.05) is 30.3 Å². The van der Waals surface area contributed by atoms with Gasteiger partial charge in [0, 0.05) is 29.9 Å². The number of nitrogens with one attached hydrogen (secondary N) is 1. The maximum absolute atomic E-state index is 4.67. The van der Waals surface area contributed by atoms with Crippen molar-refractivity contribution in [1.29, 1.82) is 0 Å². The number of hydrogen-bond acceptors (Lipinski definition) is 5. The fourth-order valence-corrected chi connectivity index (χ4v) is 3.38. The number of anilines is 2. The topological polar surface area (TPSA) is 55.6 Å². The van der Waals surface area contributed by atoms with Crippen LogP contribution in [0.25, 0.3) is 22.5 Å². The average Bonchev–Trinajstić information content (AvgIpc) is 3.24. The van der Waals surface area contributed by atoms with Gasteiger partial charge < -0.3 is 5.32 Å². The summed E-state index contributed by atoms with van der Waals surface area (Å²) in [6.07, 6.45) is 1.81. The second-order valence-corrected chi connectivity index (χ2v) is 6.60. The van der Waals surface area contributed by atoms with Crippen LogP contribution in [0.2, 0.25) is 0 Å². The highest BCUT2D eigenvalue weighted by Gasteiger charge is 2.07. The van der Waals surface area contributed by atoms with Gasteiger partial charge in [0.15, 0.2) is 5.13 Å². The van der Waals surface area contributed by atoms with Gasteiger partial charge in [-0.15, -0.1) is 11.3 Å². The van der Waals surface area contributed by atoms with E-state index in [9.17, 15) is 0 Å². The van der Waals surface area contributed by atoms with Gasteiger partial charge in [0.25, 0.3) is 0 Å². The summed E-state index contributed by atoms with van der Waals surface area (Å²) >= 11 is 1.57. The van der Waals surface area contributed by atoms with E-state index in [0.29, 0.717) is 0 Å². The third-order valence-electron chi connectivity index (χ3n) is 3.92. The predicted octanol–water partition coefficient (Wildman–Crippen LogP) is 4.66. The van der Waals surface area contributed by atoms with Crippen molar-refractivity contribution >= 4 is 22.3 Å². The molecule has 0 aliphatic carbocycles. The number of hydrogen-bond donors (Lipinski definition) is 1. The lowest BCUT2D eigenvalue weighted by molar-refractivity contribution is 0.776. The van der Waals surface area contributed by atoms with Crippen LogP contribution in [0.15, 0.2) is 60.1 Å². The third-order valence-corrected chi connectivity index (χ3v) is 4.68. The van der Waals surface area contributed by atoms with Crippen LogP contribution < -0.4 is 5.32 Å². The molecular formula is C19H17N5S. The smallest absolute Gasteiger partial charge is 0.188 e. The lowest BCUT2D eigenvalue weighted by Crippen LogP contribution is -1.94. The van der Waals surface area contributed by atoms with Crippen molar-refractivity contribution in [2.24, 2.45) is 7.05 Å². The van der Waals surface area contributed by atoms with E-state index in [4.69, 9.17) is 0 Å². The Bertz CT molecular complexity index is 1000. The first-order chi connectivity index (χ1) is 12.2. The third kappa shape index (κ3) is 3.29. The summed E-state index contributed by atoms with van der Waals surface area (Å²) in [7, 11) is 1.95. The second-order valence-electron chi connectivity index (χ2n) is 5.74. The molecule has 0 aliphatic rings. The molecule has 0 atom stereocenters. The van der Waals surface area contributed by atoms with Crippen LogP contribution in [-0.2, 0) is 7.05 Å². The summed E-state index contributed by atoms with van der Waals surface area (Å²) in [4.78, 5) is 9.11. The van der Waals surface area contributed by atoms with Crippen molar-refractivity contribution in [3.63, 3.8) is 0 Å². The molecular weight excluding hydrogens is 330 g/mol. The van der Waals surface area contributed by atoms with E-state index in [0.717, 1.165) is 39.2 Å². The van der Waals surface area contributed by atoms with E-state index >= 15 is 0 Å². The molecule has 0 saturated heterocycles. The molecule has 3 heterocycles. The van der Waals surface area contributed by atoms with Crippen molar-refractivity contribution in [3.8, 4) is 22.5 Å². The zero-order valence-corrected chi connectivity index (χ0v) is 14.8. The zero-order chi connectivity index (χ0) is 17.2. The minimum Gasteiger partial charge on any atom is -0.316 e. The predicted molar refractivity (Wildman–Crippen MR) is 102 cm³/mol. The van der Waals surface area contributed by atoms with Gasteiger partial charge in [0.05, 0.1) is 11.4 Å². The number of rotatable bonds is 4. The fraction of sp³-hybridized carbons (Fsp3) is 0.105. The Morgan fingerprint density at radius 3 is 2.48 bits per heavy atom. The van der Waals surface area contributed by atoms with Crippen molar-refractivity contribution in [1.82, 2.24) is 19.7 Å². The Kier molecular flexibility index (Phi) is 4.03. The molecule has 5 nitrogen and oxygen atoms in total. The molecule has 0 saturated carbocycles. The summed E-state index contributed by atoms with van der Waals surface area (Å²) in [5.74, 6) is 0.812. The molecule has 4 rings (SSSR count). The highest BCUT2D eigenvalue weighted by molar-refractivity contribution is 7.14. The number of pyridine rings is 1. The zero-order valence-electron chi connectivity index (χ0n) is 14.0. The summed E-state index contributed by atoms with van der Waals surface area (Å²) in [6, 6.07) is 16.3. The van der Waals surface area contributed by atoms with Crippen LogP contribution in [-0.4, -0.2) is 19.7 Å². The maximum Gasteiger partial charge on any atom is 0.188 e. The van der Waals surface area contributed by atoms with Gasteiger partial charge in [0.2, 0.25) is 0 Å². The second kappa shape index (κ2) is 6.49. The molecule has 0 unspecified atom stereocenters. The van der Waals surface area contributed by atoms with Gasteiger partial charge in [-0.3, -0.25) is 4.68 Å². The van der Waals surface area contributed by atoms with E-state index in [1.807, 2.05) is 42.9 Å². The lowest BCUT2D eigenvalue weighted by Gasteiger charge is -2.04. The molecule has 0 radical (unpaired) electrons. The van der Waals surface area contributed by atoms with Gasteiger partial charge in [-0.05, 0) is 30.7 Å². The molecule has 0 amide bonds. The molecule has 3 aromatic heterocycles. The van der Waals surface area contributed by atoms with E-state index in [-0.39, 0.29) is 0 Å². The standard InChI is InChI=1S/C19H17N5S/c1-13-4-3-5-18(21-13)23-19-22-16(12-25-19)14-6-8-15(9-7-14)17-10-11-20-24(17)2/h3-12H,1-2H3,(H,21,22,23). The van der Waals surface area contributed by atoms with E-state index < -0.39 is 0 Å². The van der Waals surface area contributed by atoms with Crippen LogP contribution in [0.4, 0.5) is 10.9 Å². The first-order valence-electron chi connectivity index (χ1n) is 7.94. The first kappa shape index (κ1) is 15.5. The van der Waals surface area contributed by atoms with Gasteiger partial charge in [0.1, 0.15) is 5.82 Å². The first-order valence-corrected chi connectivity index (χ1v) is 8.82. The van der Waals surface area contributed by atoms with Crippen LogP contribution in [0, 0.1) is 6.92 Å². The highest BCUT2D eigenvalue weighted by atomic mass is 32.1. The minimum atomic E-state index is 0.812. The largest absolute Gasteiger partial charge is 0.316 e. The number of aromatic nitrogens is 4. The van der Waals surface area contributed by atoms with E-state index in [1.54, 1.807) is 17.5 Å². The lowest BCUT2D eigenvalue weighted by atomic mass is 10.1. The van der Waals surface area contributed by atoms with Crippen LogP contribution >= 0.6 is 11.3 Å². The summed E-state index contributed by atoms with van der Waals surface area (Å²) in [5, 5.41) is 10.4. The maximum atomic E-state index is 4.67. The van der Waals surface area contributed by atoms with E-state index in [2.05, 4.69) is 50.0 Å². The monoisotopic (exact) mass is 347 g/mol. The molecule has 0 fully saturated rings. The molecule has 4 aromatic rings. The Balaban J connectivity index is 1.55. The molecule has 1 N–H and O–H groups in total. The molecule has 1 aromatic carbocycles. The van der Waals surface area contributed by atoms with Crippen LogP contribution in [0.1, 0.15) is 5.69 Å². The Labute approximate surface area is 150 Å². The van der Waals surface area contributed by atoms with E-state index in [1.165, 1.54) is 0 Å². The number of nitrogens with zero attached hydrogens (tertiary/aromatic N) is 4. The molecule has 25 heavy (non-hydrogen) atoms. The molecule has 6 heteroatoms. The van der Waals surface area contributed by atoms with Gasteiger partial charge >= 0.3 is 0 Å². The summed E-state index contributed by atoms with van der Waals surface area (Å²) in [5.41, 5.74) is 5.26. The number of aryl methyl sites for hydroxylation is 2. The van der Waals surface area contributed by atoms with Gasteiger partial charge in [-0.2, -0.15) is 5.10 Å². The molecule has 0 bridgehead atoms. The van der Waals surface area contributed by atoms with Crippen LogP contribution in [0.3, 0.4) is 0 Å². The minimum absolute atomic E-state index is 0.812. The summed E-state index contributed by atoms with van der Waals surface area (Å²) in [6.45, 7) is 1.97. The quantitative estimate of drug-likeness (QED) is 0.583. The average molecular weight is 347 g/mol. The Hall–Kier alpha value is -2.99. The highest BCUT2D eigenvalue weighted by Crippen LogP contribution is 2.28. The molecule has 0 spiro atoms. The number of thiazole rings is 1. The van der Waals surface area contributed by atoms with Crippen molar-refractivity contribution in [2.75, 3.05) is 5.32 Å². The van der Waals surface area contributed by atoms with Crippen molar-refractivity contribution in [3.05, 3.63) is 65.8 Å². The SMILES string of the molecule is Cc1cccc(Nc2nc(-c3ccc(-c4ccnn4C)cc3)cs2)n1. The molecule has 124 valence electrons. The fourth-order valence-electron chi connectivity index (χ4n) is 2.65. The van der Waals surface area contributed by atoms with Crippen molar-refractivity contribution in [2.45, 2.75) is 6.92 Å². The number of benzene rings is 1. The van der Waals surface area contributed by atoms with Crippen molar-refractivity contribution < 1.29 is 0 Å². The Morgan fingerprint density at radius 2 is 1.76 bits per heavy atom. The van der Waals surface area contributed by atoms with Gasteiger partial charge in [-0.25, -0.2) is 9.97 Å². The normalized spacial score (nSPS) is 10.8. The molecule has 0 aliphatic heterocycles.